The molecule has 4 heteroatoms. The highest BCUT2D eigenvalue weighted by Crippen LogP contribution is 2.35. The van der Waals surface area contributed by atoms with E-state index < -0.39 is 0 Å². The van der Waals surface area contributed by atoms with Gasteiger partial charge in [0.05, 0.1) is 5.57 Å². The number of hydrogen-bond acceptors (Lipinski definition) is 4. The molecule has 4 aromatic carbocycles. The molecule has 0 atom stereocenters. The van der Waals surface area contributed by atoms with Crippen LogP contribution in [0.15, 0.2) is 118 Å². The van der Waals surface area contributed by atoms with Crippen molar-refractivity contribution in [1.29, 1.82) is 0 Å². The van der Waals surface area contributed by atoms with Gasteiger partial charge in [0.15, 0.2) is 22.7 Å². The summed E-state index contributed by atoms with van der Waals surface area (Å²) in [5.74, 6) is 0.527. The lowest BCUT2D eigenvalue weighted by Crippen LogP contribution is -1.99. The van der Waals surface area contributed by atoms with Crippen molar-refractivity contribution in [2.75, 3.05) is 0 Å². The van der Waals surface area contributed by atoms with Crippen LogP contribution >= 0.6 is 0 Å². The van der Waals surface area contributed by atoms with Crippen molar-refractivity contribution in [2.24, 2.45) is 0 Å². The van der Waals surface area contributed by atoms with E-state index >= 15 is 0 Å². The third-order valence-electron chi connectivity index (χ3n) is 6.65. The first-order chi connectivity index (χ1) is 17.6. The molecule has 4 nitrogen and oxygen atoms in total. The Hall–Kier alpha value is -4.96. The molecule has 2 aromatic heterocycles. The Morgan fingerprint density at radius 3 is 1.72 bits per heavy atom. The number of fused-ring (bicyclic) bond motifs is 3. The highest BCUT2D eigenvalue weighted by atomic mass is 16.4. The van der Waals surface area contributed by atoms with Gasteiger partial charge in [-0.3, -0.25) is 9.59 Å². The molecule has 7 rings (SSSR count). The van der Waals surface area contributed by atoms with Gasteiger partial charge in [-0.1, -0.05) is 78.9 Å². The predicted octanol–water partition coefficient (Wildman–Crippen LogP) is 7.98. The fourth-order valence-electron chi connectivity index (χ4n) is 4.81. The van der Waals surface area contributed by atoms with Crippen molar-refractivity contribution in [2.45, 2.75) is 0 Å². The maximum atomic E-state index is 13.0. The Morgan fingerprint density at radius 2 is 1.08 bits per heavy atom. The summed E-state index contributed by atoms with van der Waals surface area (Å²) in [5, 5.41) is 1.86. The molecule has 0 N–H and O–H groups in total. The molecule has 0 radical (unpaired) electrons. The molecule has 0 saturated carbocycles. The van der Waals surface area contributed by atoms with E-state index in [0.717, 1.165) is 27.5 Å². The molecule has 0 spiro atoms. The predicted molar refractivity (Wildman–Crippen MR) is 140 cm³/mol. The summed E-state index contributed by atoms with van der Waals surface area (Å²) in [7, 11) is 0. The number of hydrogen-bond donors (Lipinski definition) is 0. The standard InChI is InChI=1S/C32H18O4/c33-31-25-14-22-8-4-5-9-23(22)15-26(25)32(34)27(31)16-24-17-29-30(35-24)18-28(36-29)21-12-10-20(11-13-21)19-6-2-1-3-7-19/h1-18H. The second-order valence-corrected chi connectivity index (χ2v) is 8.89. The third-order valence-corrected chi connectivity index (χ3v) is 6.65. The minimum Gasteiger partial charge on any atom is -0.453 e. The smallest absolute Gasteiger partial charge is 0.197 e. The number of carbonyl (C=O) groups is 2. The second kappa shape index (κ2) is 7.79. The molecule has 0 fully saturated rings. The van der Waals surface area contributed by atoms with Crippen LogP contribution in [0.4, 0.5) is 0 Å². The first-order valence-corrected chi connectivity index (χ1v) is 11.7. The molecule has 2 heterocycles. The minimum atomic E-state index is -0.284. The minimum absolute atomic E-state index is 0.105. The number of benzene rings is 4. The Kier molecular flexibility index (Phi) is 4.42. The topological polar surface area (TPSA) is 60.4 Å². The average Bonchev–Trinajstić information content (AvgIpc) is 3.56. The summed E-state index contributed by atoms with van der Waals surface area (Å²) < 4.78 is 11.9. The largest absolute Gasteiger partial charge is 0.453 e. The van der Waals surface area contributed by atoms with Crippen LogP contribution in [0.1, 0.15) is 26.5 Å². The van der Waals surface area contributed by atoms with Gasteiger partial charge in [0, 0.05) is 28.8 Å². The SMILES string of the molecule is O=C1C(=Cc2cc3oc(-c4ccc(-c5ccccc5)cc4)cc3o2)C(=O)c2cc3ccccc3cc21. The van der Waals surface area contributed by atoms with E-state index in [1.54, 1.807) is 18.2 Å². The van der Waals surface area contributed by atoms with E-state index in [4.69, 9.17) is 8.83 Å². The van der Waals surface area contributed by atoms with Gasteiger partial charge < -0.3 is 8.83 Å². The van der Waals surface area contributed by atoms with Crippen LogP contribution in [0.2, 0.25) is 0 Å². The fraction of sp³-hybridized carbons (Fsp3) is 0. The lowest BCUT2D eigenvalue weighted by atomic mass is 10.0. The maximum Gasteiger partial charge on any atom is 0.197 e. The van der Waals surface area contributed by atoms with Gasteiger partial charge in [0.2, 0.25) is 0 Å². The number of ketones is 2. The normalized spacial score (nSPS) is 13.1. The number of furan rings is 2. The summed E-state index contributed by atoms with van der Waals surface area (Å²) in [6, 6.07) is 33.1. The number of rotatable bonds is 3. The molecule has 6 aromatic rings. The Morgan fingerprint density at radius 1 is 0.528 bits per heavy atom. The van der Waals surface area contributed by atoms with E-state index in [2.05, 4.69) is 24.3 Å². The van der Waals surface area contributed by atoms with E-state index in [1.165, 1.54) is 6.08 Å². The Bertz CT molecular complexity index is 1760. The van der Waals surface area contributed by atoms with Gasteiger partial charge in [-0.25, -0.2) is 0 Å². The Labute approximate surface area is 206 Å². The molecular formula is C32H18O4. The zero-order valence-corrected chi connectivity index (χ0v) is 19.0. The fourth-order valence-corrected chi connectivity index (χ4v) is 4.81. The molecular weight excluding hydrogens is 448 g/mol. The van der Waals surface area contributed by atoms with Crippen LogP contribution in [-0.2, 0) is 0 Å². The van der Waals surface area contributed by atoms with Crippen molar-refractivity contribution in [1.82, 2.24) is 0 Å². The average molecular weight is 466 g/mol. The molecule has 0 bridgehead atoms. The van der Waals surface area contributed by atoms with Crippen molar-refractivity contribution in [3.05, 3.63) is 126 Å². The van der Waals surface area contributed by atoms with E-state index in [9.17, 15) is 9.59 Å². The number of Topliss-reactive ketones (excluding diaryl/α,β-unsaturated/α-hetero) is 2. The molecule has 1 aliphatic rings. The number of carbonyl (C=O) groups excluding carboxylic acids is 2. The van der Waals surface area contributed by atoms with Crippen molar-refractivity contribution in [3.63, 3.8) is 0 Å². The molecule has 0 unspecified atom stereocenters. The van der Waals surface area contributed by atoms with Gasteiger partial charge >= 0.3 is 0 Å². The monoisotopic (exact) mass is 466 g/mol. The molecule has 0 aliphatic heterocycles. The zero-order chi connectivity index (χ0) is 24.2. The molecule has 36 heavy (non-hydrogen) atoms. The summed E-state index contributed by atoms with van der Waals surface area (Å²) in [6.45, 7) is 0. The van der Waals surface area contributed by atoms with E-state index in [1.807, 2.05) is 60.7 Å². The zero-order valence-electron chi connectivity index (χ0n) is 19.0. The van der Waals surface area contributed by atoms with Gasteiger partial charge in [-0.15, -0.1) is 0 Å². The van der Waals surface area contributed by atoms with Gasteiger partial charge in [0.1, 0.15) is 11.5 Å². The van der Waals surface area contributed by atoms with Crippen molar-refractivity contribution >= 4 is 39.6 Å². The number of allylic oxidation sites excluding steroid dienone is 1. The van der Waals surface area contributed by atoms with Crippen LogP contribution < -0.4 is 0 Å². The van der Waals surface area contributed by atoms with Crippen LogP contribution in [-0.4, -0.2) is 11.6 Å². The quantitative estimate of drug-likeness (QED) is 0.196. The van der Waals surface area contributed by atoms with Gasteiger partial charge in [0.25, 0.3) is 0 Å². The Balaban J connectivity index is 1.19. The van der Waals surface area contributed by atoms with E-state index in [-0.39, 0.29) is 17.1 Å². The lowest BCUT2D eigenvalue weighted by Gasteiger charge is -2.02. The molecule has 170 valence electrons. The van der Waals surface area contributed by atoms with Crippen LogP contribution in [0.25, 0.3) is 50.5 Å². The molecule has 1 aliphatic carbocycles. The molecule has 0 saturated heterocycles. The summed E-state index contributed by atoms with van der Waals surface area (Å²) in [4.78, 5) is 26.0. The van der Waals surface area contributed by atoms with Crippen LogP contribution in [0.5, 0.6) is 0 Å². The van der Waals surface area contributed by atoms with Crippen molar-refractivity contribution < 1.29 is 18.4 Å². The third kappa shape index (κ3) is 3.23. The first kappa shape index (κ1) is 20.4. The van der Waals surface area contributed by atoms with Crippen molar-refractivity contribution in [3.8, 4) is 22.5 Å². The summed E-state index contributed by atoms with van der Waals surface area (Å²) in [6.07, 6.45) is 1.51. The van der Waals surface area contributed by atoms with Gasteiger partial charge in [-0.2, -0.15) is 0 Å². The van der Waals surface area contributed by atoms with Crippen LogP contribution in [0, 0.1) is 0 Å². The van der Waals surface area contributed by atoms with Gasteiger partial charge in [-0.05, 0) is 40.1 Å². The maximum absolute atomic E-state index is 13.0. The van der Waals surface area contributed by atoms with Crippen LogP contribution in [0.3, 0.4) is 0 Å². The highest BCUT2D eigenvalue weighted by molar-refractivity contribution is 6.42. The van der Waals surface area contributed by atoms with E-state index in [0.29, 0.717) is 33.8 Å². The summed E-state index contributed by atoms with van der Waals surface area (Å²) in [5.41, 5.74) is 5.31. The first-order valence-electron chi connectivity index (χ1n) is 11.7. The summed E-state index contributed by atoms with van der Waals surface area (Å²) >= 11 is 0. The molecule has 0 amide bonds. The lowest BCUT2D eigenvalue weighted by molar-refractivity contribution is 0.0990. The second-order valence-electron chi connectivity index (χ2n) is 8.89. The highest BCUT2D eigenvalue weighted by Gasteiger charge is 2.33.